The molecule has 1 aliphatic rings. The molecule has 0 aromatic carbocycles. The van der Waals surface area contributed by atoms with E-state index >= 15 is 0 Å². The van der Waals surface area contributed by atoms with Gasteiger partial charge in [-0.3, -0.25) is 9.69 Å². The molecule has 0 aromatic heterocycles. The molecule has 1 saturated heterocycles. The minimum Gasteiger partial charge on any atom is -0.478 e. The Labute approximate surface area is 95.3 Å². The van der Waals surface area contributed by atoms with Crippen molar-refractivity contribution in [3.63, 3.8) is 0 Å². The lowest BCUT2D eigenvalue weighted by molar-refractivity contribution is -0.131. The van der Waals surface area contributed by atoms with Crippen LogP contribution in [0.4, 0.5) is 0 Å². The summed E-state index contributed by atoms with van der Waals surface area (Å²) in [7, 11) is 0. The summed E-state index contributed by atoms with van der Waals surface area (Å²) in [4.78, 5) is 25.5. The predicted octanol–water partition coefficient (Wildman–Crippen LogP) is 0.181. The highest BCUT2D eigenvalue weighted by Crippen LogP contribution is 2.03. The second-order valence-electron chi connectivity index (χ2n) is 3.90. The molecule has 90 valence electrons. The number of hydrogen-bond donors (Lipinski definition) is 1. The predicted molar refractivity (Wildman–Crippen MR) is 60.1 cm³/mol. The number of carbonyl (C=O) groups excluding carboxylic acids is 1. The van der Waals surface area contributed by atoms with E-state index in [-0.39, 0.29) is 5.91 Å². The van der Waals surface area contributed by atoms with E-state index in [2.05, 4.69) is 4.90 Å². The molecule has 1 fully saturated rings. The summed E-state index contributed by atoms with van der Waals surface area (Å²) in [6, 6.07) is 0. The average Bonchev–Trinajstić information content (AvgIpc) is 2.42. The molecule has 0 radical (unpaired) electrons. The maximum Gasteiger partial charge on any atom is 0.328 e. The molecule has 0 atom stereocenters. The van der Waals surface area contributed by atoms with Crippen molar-refractivity contribution in [1.82, 2.24) is 9.80 Å². The largest absolute Gasteiger partial charge is 0.478 e. The smallest absolute Gasteiger partial charge is 0.328 e. The van der Waals surface area contributed by atoms with Crippen LogP contribution in [0.15, 0.2) is 12.2 Å². The van der Waals surface area contributed by atoms with Gasteiger partial charge in [-0.2, -0.15) is 0 Å². The molecule has 0 unspecified atom stereocenters. The number of aliphatic carboxylic acids is 1. The normalized spacial score (nSPS) is 18.7. The van der Waals surface area contributed by atoms with E-state index < -0.39 is 5.97 Å². The van der Waals surface area contributed by atoms with E-state index in [1.807, 2.05) is 4.90 Å². The maximum absolute atomic E-state index is 11.2. The van der Waals surface area contributed by atoms with E-state index in [9.17, 15) is 9.59 Å². The number of carboxylic acids is 1. The molecule has 1 N–H and O–H groups in total. The number of hydrogen-bond acceptors (Lipinski definition) is 3. The van der Waals surface area contributed by atoms with Crippen LogP contribution >= 0.6 is 0 Å². The molecule has 1 rings (SSSR count). The Bertz CT molecular complexity index is 289. The molecule has 1 heterocycles. The molecule has 0 aromatic rings. The van der Waals surface area contributed by atoms with Gasteiger partial charge in [0.15, 0.2) is 0 Å². The second kappa shape index (κ2) is 6.27. The highest BCUT2D eigenvalue weighted by atomic mass is 16.4. The van der Waals surface area contributed by atoms with Crippen LogP contribution in [0.2, 0.25) is 0 Å². The molecule has 1 amide bonds. The van der Waals surface area contributed by atoms with Crippen molar-refractivity contribution in [2.45, 2.75) is 13.3 Å². The molecular formula is C11H18N2O3. The summed E-state index contributed by atoms with van der Waals surface area (Å²) < 4.78 is 0. The van der Waals surface area contributed by atoms with Gasteiger partial charge in [0.2, 0.25) is 5.91 Å². The first kappa shape index (κ1) is 12.7. The molecule has 0 aliphatic carbocycles. The monoisotopic (exact) mass is 226 g/mol. The van der Waals surface area contributed by atoms with Crippen LogP contribution in [-0.4, -0.2) is 59.5 Å². The summed E-state index contributed by atoms with van der Waals surface area (Å²) in [5, 5.41) is 8.46. The highest BCUT2D eigenvalue weighted by Gasteiger charge is 2.15. The third-order valence-electron chi connectivity index (χ3n) is 2.66. The first-order valence-corrected chi connectivity index (χ1v) is 5.47. The van der Waals surface area contributed by atoms with E-state index in [0.29, 0.717) is 6.54 Å². The van der Waals surface area contributed by atoms with Crippen molar-refractivity contribution in [2.24, 2.45) is 0 Å². The van der Waals surface area contributed by atoms with Crippen molar-refractivity contribution in [3.05, 3.63) is 12.2 Å². The highest BCUT2D eigenvalue weighted by molar-refractivity contribution is 5.79. The molecule has 0 spiro atoms. The van der Waals surface area contributed by atoms with Crippen LogP contribution in [0.5, 0.6) is 0 Å². The van der Waals surface area contributed by atoms with Crippen molar-refractivity contribution in [1.29, 1.82) is 0 Å². The van der Waals surface area contributed by atoms with E-state index in [1.54, 1.807) is 13.0 Å². The molecule has 5 heteroatoms. The Kier molecular flexibility index (Phi) is 4.98. The Balaban J connectivity index is 2.35. The van der Waals surface area contributed by atoms with Gasteiger partial charge in [0, 0.05) is 45.7 Å². The number of rotatable bonds is 3. The van der Waals surface area contributed by atoms with Crippen molar-refractivity contribution >= 4 is 11.9 Å². The summed E-state index contributed by atoms with van der Waals surface area (Å²) in [5.74, 6) is -0.803. The van der Waals surface area contributed by atoms with Crippen molar-refractivity contribution < 1.29 is 14.7 Å². The Morgan fingerprint density at radius 2 is 2.00 bits per heavy atom. The van der Waals surface area contributed by atoms with Crippen molar-refractivity contribution in [3.8, 4) is 0 Å². The number of nitrogens with zero attached hydrogens (tertiary/aromatic N) is 2. The zero-order valence-electron chi connectivity index (χ0n) is 9.56. The van der Waals surface area contributed by atoms with Crippen molar-refractivity contribution in [2.75, 3.05) is 32.7 Å². The summed E-state index contributed by atoms with van der Waals surface area (Å²) >= 11 is 0. The molecule has 5 nitrogen and oxygen atoms in total. The lowest BCUT2D eigenvalue weighted by Crippen LogP contribution is -2.33. The van der Waals surface area contributed by atoms with Gasteiger partial charge in [-0.15, -0.1) is 0 Å². The van der Waals surface area contributed by atoms with Crippen LogP contribution in [0.1, 0.15) is 13.3 Å². The average molecular weight is 226 g/mol. The van der Waals surface area contributed by atoms with Crippen LogP contribution in [-0.2, 0) is 9.59 Å². The van der Waals surface area contributed by atoms with E-state index in [4.69, 9.17) is 5.11 Å². The fraction of sp³-hybridized carbons (Fsp3) is 0.636. The second-order valence-corrected chi connectivity index (χ2v) is 3.90. The lowest BCUT2D eigenvalue weighted by atomic mass is 10.3. The summed E-state index contributed by atoms with van der Waals surface area (Å²) in [6.07, 6.45) is 3.75. The van der Waals surface area contributed by atoms with Crippen LogP contribution in [0.3, 0.4) is 0 Å². The third-order valence-corrected chi connectivity index (χ3v) is 2.66. The SMILES string of the molecule is CC(=O)N1CCCN(CC=CC(=O)O)CC1. The van der Waals surface area contributed by atoms with Crippen LogP contribution in [0.25, 0.3) is 0 Å². The number of carbonyl (C=O) groups is 2. The Morgan fingerprint density at radius 1 is 1.25 bits per heavy atom. The van der Waals surface area contributed by atoms with Crippen LogP contribution < -0.4 is 0 Å². The van der Waals surface area contributed by atoms with Gasteiger partial charge in [-0.1, -0.05) is 6.08 Å². The van der Waals surface area contributed by atoms with Crippen LogP contribution in [0, 0.1) is 0 Å². The fourth-order valence-corrected chi connectivity index (χ4v) is 1.77. The molecule has 16 heavy (non-hydrogen) atoms. The van der Waals surface area contributed by atoms with E-state index in [1.165, 1.54) is 0 Å². The Morgan fingerprint density at radius 3 is 2.62 bits per heavy atom. The number of amides is 1. The molecule has 0 bridgehead atoms. The zero-order chi connectivity index (χ0) is 12.0. The standard InChI is InChI=1S/C11H18N2O3/c1-10(14)13-7-3-6-12(8-9-13)5-2-4-11(15)16/h2,4H,3,5-9H2,1H3,(H,15,16). The van der Waals surface area contributed by atoms with Gasteiger partial charge >= 0.3 is 5.97 Å². The van der Waals surface area contributed by atoms with Gasteiger partial charge in [-0.25, -0.2) is 4.79 Å². The van der Waals surface area contributed by atoms with E-state index in [0.717, 1.165) is 38.7 Å². The number of carboxylic acid groups (broad SMARTS) is 1. The van der Waals surface area contributed by atoms with Gasteiger partial charge in [0.25, 0.3) is 0 Å². The molecule has 0 saturated carbocycles. The quantitative estimate of drug-likeness (QED) is 0.697. The van der Waals surface area contributed by atoms with Gasteiger partial charge < -0.3 is 10.0 Å². The summed E-state index contributed by atoms with van der Waals surface area (Å²) in [5.41, 5.74) is 0. The maximum atomic E-state index is 11.2. The Hall–Kier alpha value is -1.36. The first-order chi connectivity index (χ1) is 7.59. The molecular weight excluding hydrogens is 208 g/mol. The minimum absolute atomic E-state index is 0.114. The van der Waals surface area contributed by atoms with Gasteiger partial charge in [0.1, 0.15) is 0 Å². The minimum atomic E-state index is -0.916. The summed E-state index contributed by atoms with van der Waals surface area (Å²) in [6.45, 7) is 5.47. The third kappa shape index (κ3) is 4.44. The fourth-order valence-electron chi connectivity index (χ4n) is 1.77. The van der Waals surface area contributed by atoms with Gasteiger partial charge in [-0.05, 0) is 6.42 Å². The first-order valence-electron chi connectivity index (χ1n) is 5.47. The zero-order valence-corrected chi connectivity index (χ0v) is 9.56. The lowest BCUT2D eigenvalue weighted by Gasteiger charge is -2.19. The topological polar surface area (TPSA) is 60.9 Å². The molecule has 1 aliphatic heterocycles. The van der Waals surface area contributed by atoms with Gasteiger partial charge in [0.05, 0.1) is 0 Å².